The number of hydrogen-bond donors (Lipinski definition) is 2. The first-order chi connectivity index (χ1) is 11.1. The first-order valence-electron chi connectivity index (χ1n) is 8.48. The largest absolute Gasteiger partial charge is 0.356 e. The normalized spacial score (nSPS) is 11.6. The van der Waals surface area contributed by atoms with Gasteiger partial charge in [-0.1, -0.05) is 26.0 Å². The highest BCUT2D eigenvalue weighted by Gasteiger charge is 2.06. The Hall–Kier alpha value is -1.31. The summed E-state index contributed by atoms with van der Waals surface area (Å²) < 4.78 is 2.24. The van der Waals surface area contributed by atoms with Crippen LogP contribution in [0.15, 0.2) is 29.3 Å². The molecule has 1 aromatic carbocycles. The number of imidazole rings is 1. The maximum absolute atomic E-state index is 4.60. The molecule has 2 rings (SSSR count). The summed E-state index contributed by atoms with van der Waals surface area (Å²) in [6.45, 7) is 9.23. The third kappa shape index (κ3) is 5.96. The zero-order chi connectivity index (χ0) is 16.7. The molecule has 0 aliphatic heterocycles. The van der Waals surface area contributed by atoms with Crippen LogP contribution in [0.5, 0.6) is 0 Å². The quantitative estimate of drug-likeness (QED) is 0.298. The molecule has 0 atom stereocenters. The Balaban J connectivity index is 0.00000288. The van der Waals surface area contributed by atoms with Crippen molar-refractivity contribution in [1.29, 1.82) is 0 Å². The van der Waals surface area contributed by atoms with E-state index in [-0.39, 0.29) is 24.0 Å². The lowest BCUT2D eigenvalue weighted by Crippen LogP contribution is -2.39. The summed E-state index contributed by atoms with van der Waals surface area (Å²) in [5, 5.41) is 6.75. The summed E-state index contributed by atoms with van der Waals surface area (Å²) in [4.78, 5) is 8.88. The number of aliphatic imine (C=N–C) groups is 1. The highest BCUT2D eigenvalue weighted by atomic mass is 127. The van der Waals surface area contributed by atoms with Gasteiger partial charge in [-0.05, 0) is 37.8 Å². The Morgan fingerprint density at radius 1 is 1.21 bits per heavy atom. The maximum atomic E-state index is 4.60. The molecule has 2 N–H and O–H groups in total. The fraction of sp³-hybridized carbons (Fsp3) is 0.556. The fourth-order valence-corrected chi connectivity index (χ4v) is 2.70. The van der Waals surface area contributed by atoms with Gasteiger partial charge in [0.15, 0.2) is 5.96 Å². The average Bonchev–Trinajstić information content (AvgIpc) is 2.85. The molecule has 0 aliphatic rings. The lowest BCUT2D eigenvalue weighted by atomic mass is 10.1. The molecular weight excluding hydrogens is 413 g/mol. The first kappa shape index (κ1) is 20.7. The van der Waals surface area contributed by atoms with Gasteiger partial charge in [-0.2, -0.15) is 0 Å². The number of aryl methyl sites for hydroxylation is 1. The maximum Gasteiger partial charge on any atom is 0.191 e. The minimum absolute atomic E-state index is 0. The molecule has 134 valence electrons. The predicted molar refractivity (Wildman–Crippen MR) is 113 cm³/mol. The van der Waals surface area contributed by atoms with Crippen LogP contribution in [0, 0.1) is 12.8 Å². The monoisotopic (exact) mass is 443 g/mol. The average molecular weight is 443 g/mol. The number of halogens is 1. The van der Waals surface area contributed by atoms with Crippen molar-refractivity contribution in [2.24, 2.45) is 10.9 Å². The number of hydrogen-bond acceptors (Lipinski definition) is 2. The molecule has 0 amide bonds. The van der Waals surface area contributed by atoms with Crippen molar-refractivity contribution in [3.63, 3.8) is 0 Å². The van der Waals surface area contributed by atoms with E-state index in [1.54, 1.807) is 0 Å². The number of aromatic nitrogens is 2. The van der Waals surface area contributed by atoms with Crippen LogP contribution in [-0.2, 0) is 6.54 Å². The van der Waals surface area contributed by atoms with E-state index in [9.17, 15) is 0 Å². The smallest absolute Gasteiger partial charge is 0.191 e. The number of fused-ring (bicyclic) bond motifs is 1. The minimum atomic E-state index is 0. The molecule has 5 nitrogen and oxygen atoms in total. The molecular formula is C18H30IN5. The lowest BCUT2D eigenvalue weighted by Gasteiger charge is -2.13. The Morgan fingerprint density at radius 2 is 1.92 bits per heavy atom. The summed E-state index contributed by atoms with van der Waals surface area (Å²) in [6.07, 6.45) is 2.41. The van der Waals surface area contributed by atoms with Gasteiger partial charge in [-0.15, -0.1) is 24.0 Å². The summed E-state index contributed by atoms with van der Waals surface area (Å²) in [6, 6.07) is 8.26. The SMILES string of the molecule is CN=C(NCCCC(C)C)NCCn1c(C)nc2ccccc21.I. The summed E-state index contributed by atoms with van der Waals surface area (Å²) >= 11 is 0. The zero-order valence-electron chi connectivity index (χ0n) is 15.2. The van der Waals surface area contributed by atoms with Crippen LogP contribution in [-0.4, -0.2) is 35.6 Å². The lowest BCUT2D eigenvalue weighted by molar-refractivity contribution is 0.548. The van der Waals surface area contributed by atoms with E-state index in [1.807, 2.05) is 13.1 Å². The molecule has 24 heavy (non-hydrogen) atoms. The van der Waals surface area contributed by atoms with Crippen LogP contribution < -0.4 is 10.6 Å². The highest BCUT2D eigenvalue weighted by Crippen LogP contribution is 2.14. The summed E-state index contributed by atoms with van der Waals surface area (Å²) in [7, 11) is 1.82. The van der Waals surface area contributed by atoms with Crippen LogP contribution >= 0.6 is 24.0 Å². The molecule has 0 saturated carbocycles. The number of nitrogens with one attached hydrogen (secondary N) is 2. The Bertz CT molecular complexity index is 648. The van der Waals surface area contributed by atoms with E-state index < -0.39 is 0 Å². The number of benzene rings is 1. The van der Waals surface area contributed by atoms with Gasteiger partial charge in [0.25, 0.3) is 0 Å². The van der Waals surface area contributed by atoms with Crippen LogP contribution in [0.3, 0.4) is 0 Å². The Labute approximate surface area is 162 Å². The molecule has 0 bridgehead atoms. The number of para-hydroxylation sites is 2. The second-order valence-corrected chi connectivity index (χ2v) is 6.26. The van der Waals surface area contributed by atoms with Gasteiger partial charge in [-0.3, -0.25) is 4.99 Å². The molecule has 1 aromatic heterocycles. The third-order valence-corrected chi connectivity index (χ3v) is 3.95. The second kappa shape index (κ2) is 10.5. The third-order valence-electron chi connectivity index (χ3n) is 3.95. The number of rotatable bonds is 7. The summed E-state index contributed by atoms with van der Waals surface area (Å²) in [5.74, 6) is 2.67. The van der Waals surface area contributed by atoms with Crippen LogP contribution in [0.4, 0.5) is 0 Å². The van der Waals surface area contributed by atoms with Gasteiger partial charge < -0.3 is 15.2 Å². The first-order valence-corrected chi connectivity index (χ1v) is 8.48. The van der Waals surface area contributed by atoms with Gasteiger partial charge in [-0.25, -0.2) is 4.98 Å². The number of guanidine groups is 1. The van der Waals surface area contributed by atoms with Crippen molar-refractivity contribution in [2.45, 2.75) is 40.2 Å². The second-order valence-electron chi connectivity index (χ2n) is 6.26. The van der Waals surface area contributed by atoms with Crippen molar-refractivity contribution >= 4 is 41.0 Å². The van der Waals surface area contributed by atoms with Crippen LogP contribution in [0.2, 0.25) is 0 Å². The van der Waals surface area contributed by atoms with Crippen molar-refractivity contribution in [3.8, 4) is 0 Å². The fourth-order valence-electron chi connectivity index (χ4n) is 2.70. The molecule has 1 heterocycles. The molecule has 0 saturated heterocycles. The predicted octanol–water partition coefficient (Wildman–Crippen LogP) is 3.56. The molecule has 6 heteroatoms. The van der Waals surface area contributed by atoms with Crippen LogP contribution in [0.25, 0.3) is 11.0 Å². The van der Waals surface area contributed by atoms with E-state index >= 15 is 0 Å². The van der Waals surface area contributed by atoms with E-state index in [0.717, 1.165) is 42.9 Å². The van der Waals surface area contributed by atoms with Gasteiger partial charge in [0.05, 0.1) is 11.0 Å². The van der Waals surface area contributed by atoms with E-state index in [0.29, 0.717) is 0 Å². The number of nitrogens with zero attached hydrogens (tertiary/aromatic N) is 3. The Morgan fingerprint density at radius 3 is 2.62 bits per heavy atom. The molecule has 0 aliphatic carbocycles. The van der Waals surface area contributed by atoms with Crippen molar-refractivity contribution in [2.75, 3.05) is 20.1 Å². The van der Waals surface area contributed by atoms with E-state index in [2.05, 4.69) is 64.1 Å². The topological polar surface area (TPSA) is 54.2 Å². The van der Waals surface area contributed by atoms with E-state index in [1.165, 1.54) is 18.4 Å². The van der Waals surface area contributed by atoms with Crippen molar-refractivity contribution < 1.29 is 0 Å². The molecule has 0 spiro atoms. The van der Waals surface area contributed by atoms with Gasteiger partial charge >= 0.3 is 0 Å². The van der Waals surface area contributed by atoms with Crippen molar-refractivity contribution in [1.82, 2.24) is 20.2 Å². The highest BCUT2D eigenvalue weighted by molar-refractivity contribution is 14.0. The van der Waals surface area contributed by atoms with Gasteiger partial charge in [0.2, 0.25) is 0 Å². The standard InChI is InChI=1S/C18H29N5.HI/c1-14(2)8-7-11-20-18(19-4)21-12-13-23-15(3)22-16-9-5-6-10-17(16)23;/h5-6,9-10,14H,7-8,11-13H2,1-4H3,(H2,19,20,21);1H. The molecule has 0 unspecified atom stereocenters. The minimum Gasteiger partial charge on any atom is -0.356 e. The van der Waals surface area contributed by atoms with Gasteiger partial charge in [0.1, 0.15) is 5.82 Å². The molecule has 0 radical (unpaired) electrons. The van der Waals surface area contributed by atoms with Gasteiger partial charge in [0, 0.05) is 26.7 Å². The molecule has 0 fully saturated rings. The summed E-state index contributed by atoms with van der Waals surface area (Å²) in [5.41, 5.74) is 2.24. The zero-order valence-corrected chi connectivity index (χ0v) is 17.5. The molecule has 2 aromatic rings. The van der Waals surface area contributed by atoms with E-state index in [4.69, 9.17) is 0 Å². The van der Waals surface area contributed by atoms with Crippen molar-refractivity contribution in [3.05, 3.63) is 30.1 Å². The van der Waals surface area contributed by atoms with Crippen LogP contribution in [0.1, 0.15) is 32.5 Å². The Kier molecular flexibility index (Phi) is 9.10.